The minimum Gasteiger partial charge on any atom is -0.374 e. The van der Waals surface area contributed by atoms with Crippen LogP contribution in [0.15, 0.2) is 24.3 Å². The summed E-state index contributed by atoms with van der Waals surface area (Å²) in [5, 5.41) is 0. The first-order valence-electron chi connectivity index (χ1n) is 9.48. The standard InChI is InChI=1S/C19H24N2O5S/c1-13-12-27(24,25)21(18(13)22)15-6-4-5-14(11-15)19(23)20-9-10-26-17-8-3-2-7-16(17)20/h4-6,11,13,16-17H,2-3,7-10,12H2,1H3. The summed E-state index contributed by atoms with van der Waals surface area (Å²) in [6.07, 6.45) is 4.17. The van der Waals surface area contributed by atoms with E-state index in [-0.39, 0.29) is 29.5 Å². The van der Waals surface area contributed by atoms with Gasteiger partial charge in [0.05, 0.1) is 36.1 Å². The lowest BCUT2D eigenvalue weighted by molar-refractivity contribution is -0.119. The van der Waals surface area contributed by atoms with Crippen LogP contribution in [-0.2, 0) is 19.6 Å². The summed E-state index contributed by atoms with van der Waals surface area (Å²) in [5.74, 6) is -1.35. The van der Waals surface area contributed by atoms with Crippen molar-refractivity contribution in [2.45, 2.75) is 44.8 Å². The van der Waals surface area contributed by atoms with Crippen LogP contribution >= 0.6 is 0 Å². The summed E-state index contributed by atoms with van der Waals surface area (Å²) < 4.78 is 31.4. The number of morpholine rings is 1. The fraction of sp³-hybridized carbons (Fsp3) is 0.579. The third-order valence-corrected chi connectivity index (χ3v) is 7.55. The third-order valence-electron chi connectivity index (χ3n) is 5.68. The lowest BCUT2D eigenvalue weighted by Crippen LogP contribution is -2.54. The Morgan fingerprint density at radius 2 is 2.00 bits per heavy atom. The Morgan fingerprint density at radius 1 is 1.22 bits per heavy atom. The molecule has 7 nitrogen and oxygen atoms in total. The van der Waals surface area contributed by atoms with Gasteiger partial charge < -0.3 is 9.64 Å². The molecule has 0 radical (unpaired) electrons. The zero-order valence-electron chi connectivity index (χ0n) is 15.3. The molecular weight excluding hydrogens is 368 g/mol. The number of anilines is 1. The van der Waals surface area contributed by atoms with Crippen LogP contribution in [0.25, 0.3) is 0 Å². The molecule has 146 valence electrons. The van der Waals surface area contributed by atoms with Crippen LogP contribution in [0.3, 0.4) is 0 Å². The quantitative estimate of drug-likeness (QED) is 0.766. The zero-order valence-corrected chi connectivity index (χ0v) is 16.2. The third kappa shape index (κ3) is 3.25. The van der Waals surface area contributed by atoms with Gasteiger partial charge in [0.1, 0.15) is 0 Å². The molecule has 27 heavy (non-hydrogen) atoms. The monoisotopic (exact) mass is 392 g/mol. The largest absolute Gasteiger partial charge is 0.374 e. The lowest BCUT2D eigenvalue weighted by atomic mass is 9.89. The second-order valence-electron chi connectivity index (χ2n) is 7.59. The Labute approximate surface area is 159 Å². The first kappa shape index (κ1) is 18.4. The van der Waals surface area contributed by atoms with E-state index in [9.17, 15) is 18.0 Å². The predicted molar refractivity (Wildman–Crippen MR) is 99.9 cm³/mol. The van der Waals surface area contributed by atoms with Gasteiger partial charge in [-0.15, -0.1) is 0 Å². The van der Waals surface area contributed by atoms with Crippen molar-refractivity contribution >= 4 is 27.5 Å². The molecule has 3 unspecified atom stereocenters. The molecule has 4 rings (SSSR count). The van der Waals surface area contributed by atoms with Crippen LogP contribution in [0.4, 0.5) is 5.69 Å². The molecular formula is C19H24N2O5S. The number of fused-ring (bicyclic) bond motifs is 1. The summed E-state index contributed by atoms with van der Waals surface area (Å²) >= 11 is 0. The zero-order chi connectivity index (χ0) is 19.2. The predicted octanol–water partition coefficient (Wildman–Crippen LogP) is 1.78. The second-order valence-corrected chi connectivity index (χ2v) is 9.45. The van der Waals surface area contributed by atoms with Crippen molar-refractivity contribution in [1.82, 2.24) is 4.90 Å². The van der Waals surface area contributed by atoms with Crippen molar-refractivity contribution in [2.75, 3.05) is 23.2 Å². The fourth-order valence-corrected chi connectivity index (χ4v) is 6.18. The van der Waals surface area contributed by atoms with Crippen molar-refractivity contribution in [3.05, 3.63) is 29.8 Å². The van der Waals surface area contributed by atoms with Crippen LogP contribution < -0.4 is 4.31 Å². The lowest BCUT2D eigenvalue weighted by Gasteiger charge is -2.43. The van der Waals surface area contributed by atoms with E-state index in [0.29, 0.717) is 18.7 Å². The topological polar surface area (TPSA) is 84.0 Å². The molecule has 0 bridgehead atoms. The Bertz CT molecular complexity index is 867. The molecule has 0 aromatic heterocycles. The number of rotatable bonds is 2. The van der Waals surface area contributed by atoms with E-state index in [1.807, 2.05) is 4.90 Å². The van der Waals surface area contributed by atoms with Gasteiger partial charge in [0, 0.05) is 12.1 Å². The van der Waals surface area contributed by atoms with E-state index in [1.165, 1.54) is 6.07 Å². The first-order valence-corrected chi connectivity index (χ1v) is 11.1. The Morgan fingerprint density at radius 3 is 2.74 bits per heavy atom. The van der Waals surface area contributed by atoms with Crippen molar-refractivity contribution in [2.24, 2.45) is 5.92 Å². The summed E-state index contributed by atoms with van der Waals surface area (Å²) in [5.41, 5.74) is 0.643. The number of nitrogens with zero attached hydrogens (tertiary/aromatic N) is 2. The molecule has 3 fully saturated rings. The Balaban J connectivity index is 1.62. The van der Waals surface area contributed by atoms with Crippen LogP contribution in [0, 0.1) is 5.92 Å². The summed E-state index contributed by atoms with van der Waals surface area (Å²) in [6.45, 7) is 2.65. The van der Waals surface area contributed by atoms with Gasteiger partial charge in [-0.25, -0.2) is 12.7 Å². The molecule has 1 aromatic carbocycles. The summed E-state index contributed by atoms with van der Waals surface area (Å²) in [7, 11) is -3.69. The van der Waals surface area contributed by atoms with Crippen LogP contribution in [0.2, 0.25) is 0 Å². The fourth-order valence-electron chi connectivity index (χ4n) is 4.37. The molecule has 3 aliphatic rings. The minimum atomic E-state index is -3.69. The highest BCUT2D eigenvalue weighted by atomic mass is 32.2. The molecule has 2 heterocycles. The van der Waals surface area contributed by atoms with Gasteiger partial charge in [0.25, 0.3) is 5.91 Å². The van der Waals surface area contributed by atoms with E-state index in [4.69, 9.17) is 4.74 Å². The molecule has 1 aliphatic carbocycles. The number of amides is 2. The average Bonchev–Trinajstić information content (AvgIpc) is 2.87. The van der Waals surface area contributed by atoms with Crippen molar-refractivity contribution in [3.63, 3.8) is 0 Å². The first-order chi connectivity index (χ1) is 12.9. The molecule has 1 aromatic rings. The number of carbonyl (C=O) groups excluding carboxylic acids is 2. The number of carbonyl (C=O) groups is 2. The molecule has 2 saturated heterocycles. The van der Waals surface area contributed by atoms with Crippen molar-refractivity contribution < 1.29 is 22.7 Å². The maximum Gasteiger partial charge on any atom is 0.254 e. The van der Waals surface area contributed by atoms with Gasteiger partial charge in [-0.05, 0) is 31.0 Å². The number of hydrogen-bond acceptors (Lipinski definition) is 5. The molecule has 0 spiro atoms. The Kier molecular flexibility index (Phi) is 4.71. The van der Waals surface area contributed by atoms with Crippen LogP contribution in [0.5, 0.6) is 0 Å². The Hall–Kier alpha value is -1.93. The van der Waals surface area contributed by atoms with E-state index in [2.05, 4.69) is 0 Å². The number of ether oxygens (including phenoxy) is 1. The number of sulfonamides is 1. The average molecular weight is 392 g/mol. The maximum atomic E-state index is 13.1. The van der Waals surface area contributed by atoms with E-state index in [0.717, 1.165) is 30.0 Å². The highest BCUT2D eigenvalue weighted by molar-refractivity contribution is 7.94. The van der Waals surface area contributed by atoms with Gasteiger partial charge in [0.2, 0.25) is 15.9 Å². The molecule has 1 saturated carbocycles. The second kappa shape index (κ2) is 6.91. The number of benzene rings is 1. The van der Waals surface area contributed by atoms with E-state index >= 15 is 0 Å². The maximum absolute atomic E-state index is 13.1. The van der Waals surface area contributed by atoms with E-state index in [1.54, 1.807) is 25.1 Å². The van der Waals surface area contributed by atoms with Crippen molar-refractivity contribution in [3.8, 4) is 0 Å². The summed E-state index contributed by atoms with van der Waals surface area (Å²) in [4.78, 5) is 27.3. The van der Waals surface area contributed by atoms with Gasteiger partial charge in [0.15, 0.2) is 0 Å². The highest BCUT2D eigenvalue weighted by Gasteiger charge is 2.42. The van der Waals surface area contributed by atoms with Crippen LogP contribution in [-0.4, -0.2) is 56.2 Å². The molecule has 2 aliphatic heterocycles. The molecule has 2 amide bonds. The minimum absolute atomic E-state index is 0.0702. The number of hydrogen-bond donors (Lipinski definition) is 0. The molecule has 3 atom stereocenters. The summed E-state index contributed by atoms with van der Waals surface area (Å²) in [6, 6.07) is 6.46. The SMILES string of the molecule is CC1CS(=O)(=O)N(c2cccc(C(=O)N3CCOC4CCCCC43)c2)C1=O. The van der Waals surface area contributed by atoms with Gasteiger partial charge in [-0.3, -0.25) is 9.59 Å². The van der Waals surface area contributed by atoms with Gasteiger partial charge in [-0.2, -0.15) is 0 Å². The van der Waals surface area contributed by atoms with Crippen LogP contribution in [0.1, 0.15) is 43.0 Å². The van der Waals surface area contributed by atoms with Gasteiger partial charge in [-0.1, -0.05) is 25.8 Å². The van der Waals surface area contributed by atoms with E-state index < -0.39 is 21.8 Å². The highest BCUT2D eigenvalue weighted by Crippen LogP contribution is 2.32. The van der Waals surface area contributed by atoms with Crippen molar-refractivity contribution in [1.29, 1.82) is 0 Å². The smallest absolute Gasteiger partial charge is 0.254 e. The normalized spacial score (nSPS) is 30.3. The molecule has 0 N–H and O–H groups in total. The molecule has 8 heteroatoms. The van der Waals surface area contributed by atoms with Gasteiger partial charge >= 0.3 is 0 Å².